The lowest BCUT2D eigenvalue weighted by atomic mass is 9.98. The highest BCUT2D eigenvalue weighted by atomic mass is 16.3. The number of furan rings is 2. The summed E-state index contributed by atoms with van der Waals surface area (Å²) in [5.74, 6) is 0. The van der Waals surface area contributed by atoms with Gasteiger partial charge in [-0.1, -0.05) is 103 Å². The second-order valence-electron chi connectivity index (χ2n) is 16.1. The molecule has 0 spiro atoms. The Hall–Kier alpha value is -8.61. The summed E-state index contributed by atoms with van der Waals surface area (Å²) in [6, 6.07) is 66.0. The fourth-order valence-corrected chi connectivity index (χ4v) is 9.16. The van der Waals surface area contributed by atoms with Crippen LogP contribution in [0.15, 0.2) is 215 Å². The van der Waals surface area contributed by atoms with Crippen LogP contribution in [0.5, 0.6) is 0 Å². The highest BCUT2D eigenvalue weighted by Crippen LogP contribution is 2.40. The zero-order chi connectivity index (χ0) is 41.4. The quantitative estimate of drug-likeness (QED) is 0.156. The fraction of sp³-hybridized carbons (Fsp3) is 0. The molecule has 5 heterocycles. The van der Waals surface area contributed by atoms with Crippen LogP contribution in [0.2, 0.25) is 0 Å². The highest BCUT2D eigenvalue weighted by molar-refractivity contribution is 6.10. The van der Waals surface area contributed by atoms with Crippen molar-refractivity contribution in [2.24, 2.45) is 0 Å². The van der Waals surface area contributed by atoms with Crippen molar-refractivity contribution in [2.75, 3.05) is 4.90 Å². The normalized spacial score (nSPS) is 11.8. The zero-order valence-electron chi connectivity index (χ0n) is 33.7. The molecule has 0 aliphatic carbocycles. The van der Waals surface area contributed by atoms with E-state index in [1.165, 1.54) is 21.5 Å². The molecule has 0 bridgehead atoms. The Balaban J connectivity index is 0.884. The van der Waals surface area contributed by atoms with E-state index >= 15 is 0 Å². The van der Waals surface area contributed by atoms with Crippen molar-refractivity contribution in [1.29, 1.82) is 0 Å². The minimum atomic E-state index is 0.777. The van der Waals surface area contributed by atoms with Gasteiger partial charge in [0.1, 0.15) is 22.2 Å². The van der Waals surface area contributed by atoms with Crippen LogP contribution in [0.1, 0.15) is 0 Å². The summed E-state index contributed by atoms with van der Waals surface area (Å²) in [5, 5.41) is 9.10. The molecule has 13 rings (SSSR count). The number of benzene rings is 8. The number of para-hydroxylation sites is 2. The van der Waals surface area contributed by atoms with Gasteiger partial charge < -0.3 is 13.7 Å². The van der Waals surface area contributed by atoms with Crippen LogP contribution in [0.4, 0.5) is 17.1 Å². The van der Waals surface area contributed by atoms with E-state index in [0.717, 1.165) is 105 Å². The van der Waals surface area contributed by atoms with Gasteiger partial charge in [-0.15, -0.1) is 0 Å². The number of nitrogens with zero attached hydrogens (tertiary/aromatic N) is 4. The summed E-state index contributed by atoms with van der Waals surface area (Å²) < 4.78 is 12.4. The third-order valence-electron chi connectivity index (χ3n) is 12.4. The largest absolute Gasteiger partial charge is 0.454 e. The molecule has 0 fully saturated rings. The van der Waals surface area contributed by atoms with Gasteiger partial charge in [0.2, 0.25) is 0 Å². The standard InChI is InChI=1S/C57H34N4O2/c1-2-8-41-32-58-51(29-37(41)7-1)40-19-25-47-38(27-40)13-14-39-28-46(24-26-48(39)47)61(44-20-15-35(16-21-44)42-30-54-56(59-33-42)49-9-3-5-11-52(49)62-54)45-22-17-36(18-23-45)43-31-55-57(60-34-43)50-10-4-6-12-53(50)63-55/h1-34H. The minimum absolute atomic E-state index is 0.777. The molecule has 13 aromatic rings. The summed E-state index contributed by atoms with van der Waals surface area (Å²) in [5.41, 5.74) is 14.3. The van der Waals surface area contributed by atoms with Crippen molar-refractivity contribution in [3.05, 3.63) is 207 Å². The van der Waals surface area contributed by atoms with Crippen molar-refractivity contribution in [3.8, 4) is 33.5 Å². The third kappa shape index (κ3) is 5.92. The van der Waals surface area contributed by atoms with E-state index in [2.05, 4.69) is 150 Å². The van der Waals surface area contributed by atoms with Crippen LogP contribution in [0, 0.1) is 0 Å². The van der Waals surface area contributed by atoms with Crippen molar-refractivity contribution in [2.45, 2.75) is 0 Å². The molecule has 5 aromatic heterocycles. The van der Waals surface area contributed by atoms with Crippen LogP contribution in [0.25, 0.3) is 110 Å². The summed E-state index contributed by atoms with van der Waals surface area (Å²) in [7, 11) is 0. The topological polar surface area (TPSA) is 68.2 Å². The molecular formula is C57H34N4O2. The van der Waals surface area contributed by atoms with E-state index < -0.39 is 0 Å². The van der Waals surface area contributed by atoms with Crippen molar-refractivity contribution in [3.63, 3.8) is 0 Å². The summed E-state index contributed by atoms with van der Waals surface area (Å²) in [6.45, 7) is 0. The predicted molar refractivity (Wildman–Crippen MR) is 258 cm³/mol. The van der Waals surface area contributed by atoms with Crippen LogP contribution in [0.3, 0.4) is 0 Å². The van der Waals surface area contributed by atoms with E-state index in [4.69, 9.17) is 23.8 Å². The molecule has 0 aliphatic heterocycles. The molecule has 0 amide bonds. The van der Waals surface area contributed by atoms with Gasteiger partial charge in [0, 0.05) is 68.5 Å². The molecule has 6 heteroatoms. The molecule has 0 aliphatic rings. The second kappa shape index (κ2) is 14.0. The maximum Gasteiger partial charge on any atom is 0.154 e. The molecule has 0 unspecified atom stereocenters. The average molecular weight is 807 g/mol. The first-order chi connectivity index (χ1) is 31.2. The Kier molecular flexibility index (Phi) is 7.80. The zero-order valence-corrected chi connectivity index (χ0v) is 33.7. The molecular weight excluding hydrogens is 773 g/mol. The molecule has 0 saturated heterocycles. The smallest absolute Gasteiger partial charge is 0.154 e. The fourth-order valence-electron chi connectivity index (χ4n) is 9.16. The Morgan fingerprint density at radius 3 is 1.43 bits per heavy atom. The van der Waals surface area contributed by atoms with Crippen LogP contribution < -0.4 is 4.90 Å². The van der Waals surface area contributed by atoms with Crippen molar-refractivity contribution in [1.82, 2.24) is 15.0 Å². The minimum Gasteiger partial charge on any atom is -0.454 e. The van der Waals surface area contributed by atoms with Gasteiger partial charge in [-0.25, -0.2) is 0 Å². The number of rotatable bonds is 6. The van der Waals surface area contributed by atoms with Crippen molar-refractivity contribution >= 4 is 93.5 Å². The molecule has 8 aromatic carbocycles. The lowest BCUT2D eigenvalue weighted by Crippen LogP contribution is -2.09. The maximum absolute atomic E-state index is 6.19. The van der Waals surface area contributed by atoms with E-state index in [1.807, 2.05) is 61.1 Å². The first kappa shape index (κ1) is 35.2. The Morgan fingerprint density at radius 1 is 0.302 bits per heavy atom. The van der Waals surface area contributed by atoms with E-state index in [-0.39, 0.29) is 0 Å². The molecule has 63 heavy (non-hydrogen) atoms. The summed E-state index contributed by atoms with van der Waals surface area (Å²) >= 11 is 0. The van der Waals surface area contributed by atoms with E-state index in [1.54, 1.807) is 0 Å². The number of aromatic nitrogens is 3. The second-order valence-corrected chi connectivity index (χ2v) is 16.1. The monoisotopic (exact) mass is 806 g/mol. The molecule has 0 saturated carbocycles. The van der Waals surface area contributed by atoms with Gasteiger partial charge in [0.05, 0.1) is 5.69 Å². The van der Waals surface area contributed by atoms with Gasteiger partial charge >= 0.3 is 0 Å². The average Bonchev–Trinajstić information content (AvgIpc) is 3.92. The number of hydrogen-bond acceptors (Lipinski definition) is 6. The van der Waals surface area contributed by atoms with E-state index in [9.17, 15) is 0 Å². The lowest BCUT2D eigenvalue weighted by molar-refractivity contribution is 0.668. The predicted octanol–water partition coefficient (Wildman–Crippen LogP) is 15.6. The van der Waals surface area contributed by atoms with Crippen molar-refractivity contribution < 1.29 is 8.83 Å². The number of fused-ring (bicyclic) bond motifs is 10. The summed E-state index contributed by atoms with van der Waals surface area (Å²) in [6.07, 6.45) is 5.82. The Labute approximate surface area is 360 Å². The molecule has 0 atom stereocenters. The van der Waals surface area contributed by atoms with Gasteiger partial charge in [-0.3, -0.25) is 15.0 Å². The van der Waals surface area contributed by atoms with Crippen LogP contribution >= 0.6 is 0 Å². The molecule has 0 radical (unpaired) electrons. The number of hydrogen-bond donors (Lipinski definition) is 0. The van der Waals surface area contributed by atoms with E-state index in [0.29, 0.717) is 0 Å². The Morgan fingerprint density at radius 2 is 0.810 bits per heavy atom. The highest BCUT2D eigenvalue weighted by Gasteiger charge is 2.17. The number of pyridine rings is 3. The third-order valence-corrected chi connectivity index (χ3v) is 12.4. The van der Waals surface area contributed by atoms with Crippen LogP contribution in [-0.2, 0) is 0 Å². The lowest BCUT2D eigenvalue weighted by Gasteiger charge is -2.26. The molecule has 6 nitrogen and oxygen atoms in total. The first-order valence-electron chi connectivity index (χ1n) is 21.0. The Bertz CT molecular complexity index is 3770. The molecule has 294 valence electrons. The maximum atomic E-state index is 6.19. The summed E-state index contributed by atoms with van der Waals surface area (Å²) in [4.78, 5) is 16.8. The van der Waals surface area contributed by atoms with Gasteiger partial charge in [-0.05, 0) is 123 Å². The van der Waals surface area contributed by atoms with Gasteiger partial charge in [0.15, 0.2) is 11.2 Å². The molecule has 0 N–H and O–H groups in total. The van der Waals surface area contributed by atoms with Gasteiger partial charge in [-0.2, -0.15) is 0 Å². The first-order valence-corrected chi connectivity index (χ1v) is 21.0. The number of anilines is 3. The SMILES string of the molecule is c1ccc2cc(-c3ccc4c(ccc5cc(N(c6ccc(-c7cnc8c(c7)oc7ccccc78)cc6)c6ccc(-c7cnc8c(c7)oc7ccccc78)cc6)ccc54)c3)ncc2c1. The van der Waals surface area contributed by atoms with Gasteiger partial charge in [0.25, 0.3) is 0 Å². The van der Waals surface area contributed by atoms with Crippen LogP contribution in [-0.4, -0.2) is 15.0 Å².